The van der Waals surface area contributed by atoms with Gasteiger partial charge in [-0.05, 0) is 43.4 Å². The number of benzene rings is 1. The molecule has 0 radical (unpaired) electrons. The van der Waals surface area contributed by atoms with Crippen LogP contribution >= 0.6 is 0 Å². The van der Waals surface area contributed by atoms with Crippen molar-refractivity contribution in [1.29, 1.82) is 0 Å². The van der Waals surface area contributed by atoms with Crippen molar-refractivity contribution in [1.82, 2.24) is 0 Å². The Balaban J connectivity index is 2.13. The summed E-state index contributed by atoms with van der Waals surface area (Å²) in [5.74, 6) is 0. The van der Waals surface area contributed by atoms with Crippen LogP contribution < -0.4 is 10.6 Å². The molecule has 0 fully saturated rings. The monoisotopic (exact) mass is 216 g/mol. The lowest BCUT2D eigenvalue weighted by Gasteiger charge is -2.32. The van der Waals surface area contributed by atoms with E-state index in [4.69, 9.17) is 5.73 Å². The van der Waals surface area contributed by atoms with Gasteiger partial charge in [-0.3, -0.25) is 0 Å². The molecule has 0 aliphatic carbocycles. The summed E-state index contributed by atoms with van der Waals surface area (Å²) in [4.78, 5) is 2.46. The molecule has 2 N–H and O–H groups in total. The highest BCUT2D eigenvalue weighted by atomic mass is 15.1. The first-order valence-corrected chi connectivity index (χ1v) is 6.06. The van der Waals surface area contributed by atoms with Crippen molar-refractivity contribution in [3.05, 3.63) is 36.4 Å². The molecule has 2 rings (SSSR count). The van der Waals surface area contributed by atoms with E-state index in [0.717, 1.165) is 31.6 Å². The minimum Gasteiger partial charge on any atom is -0.398 e. The van der Waals surface area contributed by atoms with Gasteiger partial charge in [0.2, 0.25) is 0 Å². The van der Waals surface area contributed by atoms with Crippen LogP contribution in [-0.2, 0) is 6.42 Å². The molecule has 2 nitrogen and oxygen atoms in total. The van der Waals surface area contributed by atoms with Gasteiger partial charge in [0.1, 0.15) is 0 Å². The van der Waals surface area contributed by atoms with Gasteiger partial charge in [-0.15, -0.1) is 6.58 Å². The van der Waals surface area contributed by atoms with Crippen LogP contribution in [0.3, 0.4) is 0 Å². The van der Waals surface area contributed by atoms with Crippen LogP contribution in [-0.4, -0.2) is 13.1 Å². The molecule has 1 aromatic rings. The average molecular weight is 216 g/mol. The molecule has 1 aliphatic rings. The van der Waals surface area contributed by atoms with Gasteiger partial charge in [0.15, 0.2) is 0 Å². The standard InChI is InChI=1S/C14H20N2/c1-2-3-4-10-16-11-6-7-12-13(15)8-5-9-14(12)16/h2,5,8-9H,1,3-4,6-7,10-11,15H2. The third-order valence-corrected chi connectivity index (χ3v) is 3.22. The Morgan fingerprint density at radius 1 is 1.44 bits per heavy atom. The third-order valence-electron chi connectivity index (χ3n) is 3.22. The highest BCUT2D eigenvalue weighted by Crippen LogP contribution is 2.31. The highest BCUT2D eigenvalue weighted by Gasteiger charge is 2.17. The van der Waals surface area contributed by atoms with E-state index in [1.807, 2.05) is 12.1 Å². The van der Waals surface area contributed by atoms with Gasteiger partial charge in [-0.25, -0.2) is 0 Å². The smallest absolute Gasteiger partial charge is 0.0419 e. The first kappa shape index (κ1) is 11.1. The number of hydrogen-bond acceptors (Lipinski definition) is 2. The number of nitrogens with two attached hydrogens (primary N) is 1. The van der Waals surface area contributed by atoms with Crippen molar-refractivity contribution in [2.75, 3.05) is 23.7 Å². The lowest BCUT2D eigenvalue weighted by atomic mass is 9.99. The summed E-state index contributed by atoms with van der Waals surface area (Å²) in [6.07, 6.45) is 6.60. The summed E-state index contributed by atoms with van der Waals surface area (Å²) in [5, 5.41) is 0. The fraction of sp³-hybridized carbons (Fsp3) is 0.429. The van der Waals surface area contributed by atoms with Gasteiger partial charge < -0.3 is 10.6 Å². The van der Waals surface area contributed by atoms with E-state index in [2.05, 4.69) is 23.6 Å². The van der Waals surface area contributed by atoms with Crippen LogP contribution in [0.4, 0.5) is 11.4 Å². The predicted molar refractivity (Wildman–Crippen MR) is 70.8 cm³/mol. The summed E-state index contributed by atoms with van der Waals surface area (Å²) in [7, 11) is 0. The first-order chi connectivity index (χ1) is 7.83. The second-order valence-corrected chi connectivity index (χ2v) is 4.37. The number of hydrogen-bond donors (Lipinski definition) is 1. The van der Waals surface area contributed by atoms with Crippen molar-refractivity contribution in [3.8, 4) is 0 Å². The van der Waals surface area contributed by atoms with Gasteiger partial charge in [-0.2, -0.15) is 0 Å². The molecule has 2 heteroatoms. The van der Waals surface area contributed by atoms with Gasteiger partial charge >= 0.3 is 0 Å². The van der Waals surface area contributed by atoms with Crippen LogP contribution in [0, 0.1) is 0 Å². The van der Waals surface area contributed by atoms with Gasteiger partial charge in [-0.1, -0.05) is 12.1 Å². The van der Waals surface area contributed by atoms with Gasteiger partial charge in [0.05, 0.1) is 0 Å². The topological polar surface area (TPSA) is 29.3 Å². The lowest BCUT2D eigenvalue weighted by molar-refractivity contribution is 0.669. The molecular weight excluding hydrogens is 196 g/mol. The highest BCUT2D eigenvalue weighted by molar-refractivity contribution is 5.66. The van der Waals surface area contributed by atoms with Crippen molar-refractivity contribution in [2.45, 2.75) is 25.7 Å². The zero-order valence-electron chi connectivity index (χ0n) is 9.78. The minimum atomic E-state index is 0.950. The number of fused-ring (bicyclic) bond motifs is 1. The van der Waals surface area contributed by atoms with Gasteiger partial charge in [0, 0.05) is 24.5 Å². The molecule has 0 atom stereocenters. The Kier molecular flexibility index (Phi) is 3.50. The quantitative estimate of drug-likeness (QED) is 0.476. The lowest BCUT2D eigenvalue weighted by Crippen LogP contribution is -2.30. The Morgan fingerprint density at radius 3 is 3.12 bits per heavy atom. The molecule has 16 heavy (non-hydrogen) atoms. The first-order valence-electron chi connectivity index (χ1n) is 6.06. The molecule has 0 saturated carbocycles. The fourth-order valence-electron chi connectivity index (χ4n) is 2.39. The van der Waals surface area contributed by atoms with Crippen LogP contribution in [0.15, 0.2) is 30.9 Å². The van der Waals surface area contributed by atoms with Crippen LogP contribution in [0.2, 0.25) is 0 Å². The molecule has 1 aromatic carbocycles. The van der Waals surface area contributed by atoms with E-state index in [0.29, 0.717) is 0 Å². The number of unbranched alkanes of at least 4 members (excludes halogenated alkanes) is 1. The summed E-state index contributed by atoms with van der Waals surface area (Å²) in [5.41, 5.74) is 9.65. The number of nitrogen functional groups attached to an aromatic ring is 1. The molecule has 0 unspecified atom stereocenters. The number of anilines is 2. The Labute approximate surface area is 97.8 Å². The predicted octanol–water partition coefficient (Wildman–Crippen LogP) is 2.99. The molecule has 86 valence electrons. The van der Waals surface area contributed by atoms with Crippen molar-refractivity contribution in [2.24, 2.45) is 0 Å². The molecule has 1 heterocycles. The second-order valence-electron chi connectivity index (χ2n) is 4.37. The SMILES string of the molecule is C=CCCCN1CCCc2c(N)cccc21. The summed E-state index contributed by atoms with van der Waals surface area (Å²) in [6, 6.07) is 6.25. The average Bonchev–Trinajstić information content (AvgIpc) is 2.31. The van der Waals surface area contributed by atoms with Crippen LogP contribution in [0.1, 0.15) is 24.8 Å². The van der Waals surface area contributed by atoms with Gasteiger partial charge in [0.25, 0.3) is 0 Å². The van der Waals surface area contributed by atoms with E-state index < -0.39 is 0 Å². The molecular formula is C14H20N2. The molecule has 0 saturated heterocycles. The van der Waals surface area contributed by atoms with Crippen molar-refractivity contribution >= 4 is 11.4 Å². The number of allylic oxidation sites excluding steroid dienone is 1. The number of nitrogens with zero attached hydrogens (tertiary/aromatic N) is 1. The van der Waals surface area contributed by atoms with E-state index in [1.165, 1.54) is 24.1 Å². The Bertz CT molecular complexity index is 371. The summed E-state index contributed by atoms with van der Waals surface area (Å²) >= 11 is 0. The Hall–Kier alpha value is -1.44. The normalized spacial score (nSPS) is 14.6. The van der Waals surface area contributed by atoms with E-state index in [1.54, 1.807) is 0 Å². The van der Waals surface area contributed by atoms with Crippen molar-refractivity contribution in [3.63, 3.8) is 0 Å². The second kappa shape index (κ2) is 5.06. The maximum atomic E-state index is 6.02. The zero-order chi connectivity index (χ0) is 11.4. The number of rotatable bonds is 4. The molecule has 0 aromatic heterocycles. The molecule has 0 bridgehead atoms. The minimum absolute atomic E-state index is 0.950. The van der Waals surface area contributed by atoms with E-state index in [9.17, 15) is 0 Å². The molecule has 1 aliphatic heterocycles. The largest absolute Gasteiger partial charge is 0.398 e. The van der Waals surface area contributed by atoms with Crippen LogP contribution in [0.5, 0.6) is 0 Å². The van der Waals surface area contributed by atoms with Crippen molar-refractivity contribution < 1.29 is 0 Å². The van der Waals surface area contributed by atoms with E-state index >= 15 is 0 Å². The summed E-state index contributed by atoms with van der Waals surface area (Å²) < 4.78 is 0. The maximum absolute atomic E-state index is 6.02. The fourth-order valence-corrected chi connectivity index (χ4v) is 2.39. The van der Waals surface area contributed by atoms with Crippen LogP contribution in [0.25, 0.3) is 0 Å². The zero-order valence-corrected chi connectivity index (χ0v) is 9.78. The third kappa shape index (κ3) is 2.21. The molecule has 0 amide bonds. The van der Waals surface area contributed by atoms with E-state index in [-0.39, 0.29) is 0 Å². The Morgan fingerprint density at radius 2 is 2.31 bits per heavy atom. The molecule has 0 spiro atoms. The maximum Gasteiger partial charge on any atom is 0.0419 e. The summed E-state index contributed by atoms with van der Waals surface area (Å²) in [6.45, 7) is 6.04.